The number of ether oxygens (including phenoxy) is 1. The molecule has 0 fully saturated rings. The van der Waals surface area contributed by atoms with Crippen LogP contribution in [0.1, 0.15) is 71.4 Å². The molecule has 1 aromatic carbocycles. The van der Waals surface area contributed by atoms with Gasteiger partial charge in [-0.2, -0.15) is 0 Å². The number of phenolic OH excluding ortho intramolecular Hbond substituents is 1. The highest BCUT2D eigenvalue weighted by atomic mass is 16.5. The van der Waals surface area contributed by atoms with E-state index in [1.165, 1.54) is 5.57 Å². The molecular weight excluding hydrogens is 272 g/mol. The second kappa shape index (κ2) is 4.78. The number of benzene rings is 1. The number of fused-ring (bicyclic) bond motifs is 3. The summed E-state index contributed by atoms with van der Waals surface area (Å²) in [4.78, 5) is 0. The number of allylic oxidation sites excluding steroid dienone is 2. The van der Waals surface area contributed by atoms with Crippen molar-refractivity contribution in [3.63, 3.8) is 0 Å². The molecular formula is C20H28O2. The maximum atomic E-state index is 10.7. The van der Waals surface area contributed by atoms with E-state index in [9.17, 15) is 5.11 Å². The van der Waals surface area contributed by atoms with Crippen molar-refractivity contribution in [3.8, 4) is 11.5 Å². The third kappa shape index (κ3) is 2.43. The van der Waals surface area contributed by atoms with Crippen molar-refractivity contribution in [1.82, 2.24) is 0 Å². The van der Waals surface area contributed by atoms with E-state index >= 15 is 0 Å². The maximum Gasteiger partial charge on any atom is 0.127 e. The molecule has 2 heteroatoms. The van der Waals surface area contributed by atoms with Crippen molar-refractivity contribution >= 4 is 0 Å². The van der Waals surface area contributed by atoms with Gasteiger partial charge in [-0.25, -0.2) is 0 Å². The fourth-order valence-electron chi connectivity index (χ4n) is 4.00. The second-order valence-corrected chi connectivity index (χ2v) is 8.57. The zero-order valence-electron chi connectivity index (χ0n) is 14.7. The lowest BCUT2D eigenvalue weighted by molar-refractivity contribution is 0.00744. The van der Waals surface area contributed by atoms with Gasteiger partial charge in [0.1, 0.15) is 17.1 Å². The van der Waals surface area contributed by atoms with Gasteiger partial charge in [0.05, 0.1) is 0 Å². The molecule has 0 saturated carbocycles. The summed E-state index contributed by atoms with van der Waals surface area (Å²) in [5.41, 5.74) is 3.37. The Morgan fingerprint density at radius 2 is 1.91 bits per heavy atom. The van der Waals surface area contributed by atoms with Crippen LogP contribution in [-0.4, -0.2) is 10.7 Å². The van der Waals surface area contributed by atoms with Gasteiger partial charge in [0.2, 0.25) is 0 Å². The molecule has 1 aliphatic carbocycles. The SMILES string of the molecule is CC1=CCC2[C@@H](C1)c1c(O)cc(C(C)(C)C)cc1OC2(C)C. The predicted molar refractivity (Wildman–Crippen MR) is 90.7 cm³/mol. The van der Waals surface area contributed by atoms with Gasteiger partial charge in [-0.05, 0) is 56.7 Å². The smallest absolute Gasteiger partial charge is 0.127 e. The summed E-state index contributed by atoms with van der Waals surface area (Å²) in [6.45, 7) is 13.1. The van der Waals surface area contributed by atoms with E-state index in [4.69, 9.17) is 4.74 Å². The van der Waals surface area contributed by atoms with Crippen LogP contribution in [-0.2, 0) is 5.41 Å². The minimum atomic E-state index is -0.197. The van der Waals surface area contributed by atoms with Gasteiger partial charge in [-0.3, -0.25) is 0 Å². The van der Waals surface area contributed by atoms with Crippen LogP contribution < -0.4 is 4.74 Å². The predicted octanol–water partition coefficient (Wildman–Crippen LogP) is 5.30. The Morgan fingerprint density at radius 1 is 1.23 bits per heavy atom. The Bertz CT molecular complexity index is 632. The third-order valence-corrected chi connectivity index (χ3v) is 5.37. The minimum Gasteiger partial charge on any atom is -0.508 e. The Kier molecular flexibility index (Phi) is 3.36. The van der Waals surface area contributed by atoms with E-state index in [1.807, 2.05) is 6.07 Å². The molecule has 120 valence electrons. The number of rotatable bonds is 0. The van der Waals surface area contributed by atoms with Crippen LogP contribution in [0.4, 0.5) is 0 Å². The first-order valence-corrected chi connectivity index (χ1v) is 8.31. The molecule has 1 heterocycles. The lowest BCUT2D eigenvalue weighted by Gasteiger charge is -2.47. The lowest BCUT2D eigenvalue weighted by atomic mass is 9.67. The summed E-state index contributed by atoms with van der Waals surface area (Å²) in [5.74, 6) is 2.07. The Morgan fingerprint density at radius 3 is 2.55 bits per heavy atom. The van der Waals surface area contributed by atoms with Crippen LogP contribution in [0.3, 0.4) is 0 Å². The average Bonchev–Trinajstić information content (AvgIpc) is 2.35. The van der Waals surface area contributed by atoms with Gasteiger partial charge in [0.25, 0.3) is 0 Å². The highest BCUT2D eigenvalue weighted by molar-refractivity contribution is 5.53. The molecule has 2 atom stereocenters. The summed E-state index contributed by atoms with van der Waals surface area (Å²) in [5, 5.41) is 10.7. The van der Waals surface area contributed by atoms with Crippen molar-refractivity contribution in [2.45, 2.75) is 71.3 Å². The van der Waals surface area contributed by atoms with Crippen molar-refractivity contribution in [3.05, 3.63) is 34.9 Å². The first-order chi connectivity index (χ1) is 10.1. The molecule has 2 nitrogen and oxygen atoms in total. The quantitative estimate of drug-likeness (QED) is 0.659. The largest absolute Gasteiger partial charge is 0.508 e. The summed E-state index contributed by atoms with van der Waals surface area (Å²) >= 11 is 0. The molecule has 2 aliphatic rings. The molecule has 0 amide bonds. The fourth-order valence-corrected chi connectivity index (χ4v) is 4.00. The summed E-state index contributed by atoms with van der Waals surface area (Å²) < 4.78 is 6.35. The third-order valence-electron chi connectivity index (χ3n) is 5.37. The van der Waals surface area contributed by atoms with E-state index in [2.05, 4.69) is 53.7 Å². The van der Waals surface area contributed by atoms with Crippen molar-refractivity contribution in [2.24, 2.45) is 5.92 Å². The van der Waals surface area contributed by atoms with Crippen LogP contribution in [0.25, 0.3) is 0 Å². The van der Waals surface area contributed by atoms with E-state index in [1.54, 1.807) is 0 Å². The van der Waals surface area contributed by atoms with E-state index in [0.29, 0.717) is 17.6 Å². The molecule has 1 aliphatic heterocycles. The molecule has 1 N–H and O–H groups in total. The fraction of sp³-hybridized carbons (Fsp3) is 0.600. The molecule has 0 radical (unpaired) electrons. The zero-order chi connectivity index (χ0) is 16.3. The first kappa shape index (κ1) is 15.5. The Balaban J connectivity index is 2.16. The number of aromatic hydroxyl groups is 1. The van der Waals surface area contributed by atoms with Crippen molar-refractivity contribution < 1.29 is 9.84 Å². The van der Waals surface area contributed by atoms with Crippen LogP contribution in [0.15, 0.2) is 23.8 Å². The van der Waals surface area contributed by atoms with Gasteiger partial charge in [0.15, 0.2) is 0 Å². The number of phenols is 1. The van der Waals surface area contributed by atoms with Gasteiger partial charge in [0, 0.05) is 17.4 Å². The number of hydrogen-bond acceptors (Lipinski definition) is 2. The van der Waals surface area contributed by atoms with Crippen LogP contribution >= 0.6 is 0 Å². The Hall–Kier alpha value is -1.44. The van der Waals surface area contributed by atoms with Crippen LogP contribution in [0.5, 0.6) is 11.5 Å². The summed E-state index contributed by atoms with van der Waals surface area (Å²) in [6, 6.07) is 4.08. The zero-order valence-corrected chi connectivity index (χ0v) is 14.7. The maximum absolute atomic E-state index is 10.7. The molecule has 3 rings (SSSR count). The molecule has 0 spiro atoms. The average molecular weight is 300 g/mol. The van der Waals surface area contributed by atoms with E-state index in [0.717, 1.165) is 29.7 Å². The standard InChI is InChI=1S/C20H28O2/c1-12-7-8-15-14(9-12)18-16(21)10-13(19(2,3)4)11-17(18)22-20(15,5)6/h7,10-11,14-15,21H,8-9H2,1-6H3/t14-,15?/m1/s1. The van der Waals surface area contributed by atoms with Gasteiger partial charge in [-0.15, -0.1) is 0 Å². The summed E-state index contributed by atoms with van der Waals surface area (Å²) in [7, 11) is 0. The van der Waals surface area contributed by atoms with Crippen LogP contribution in [0.2, 0.25) is 0 Å². The first-order valence-electron chi connectivity index (χ1n) is 8.31. The normalized spacial score (nSPS) is 26.5. The van der Waals surface area contributed by atoms with Crippen molar-refractivity contribution in [2.75, 3.05) is 0 Å². The minimum absolute atomic E-state index is 0.000748. The van der Waals surface area contributed by atoms with E-state index in [-0.39, 0.29) is 11.0 Å². The highest BCUT2D eigenvalue weighted by Crippen LogP contribution is 2.54. The van der Waals surface area contributed by atoms with Gasteiger partial charge >= 0.3 is 0 Å². The molecule has 22 heavy (non-hydrogen) atoms. The van der Waals surface area contributed by atoms with E-state index < -0.39 is 0 Å². The lowest BCUT2D eigenvalue weighted by Crippen LogP contribution is -2.45. The topological polar surface area (TPSA) is 29.5 Å². The molecule has 0 aromatic heterocycles. The molecule has 0 bridgehead atoms. The Labute approximate surface area is 134 Å². The molecule has 0 saturated heterocycles. The van der Waals surface area contributed by atoms with Crippen LogP contribution in [0, 0.1) is 5.92 Å². The molecule has 1 unspecified atom stereocenters. The highest BCUT2D eigenvalue weighted by Gasteiger charge is 2.45. The van der Waals surface area contributed by atoms with Crippen molar-refractivity contribution in [1.29, 1.82) is 0 Å². The monoisotopic (exact) mass is 300 g/mol. The van der Waals surface area contributed by atoms with Gasteiger partial charge in [-0.1, -0.05) is 32.4 Å². The summed E-state index contributed by atoms with van der Waals surface area (Å²) in [6.07, 6.45) is 4.38. The van der Waals surface area contributed by atoms with Gasteiger partial charge < -0.3 is 9.84 Å². The molecule has 1 aromatic rings. The second-order valence-electron chi connectivity index (χ2n) is 8.57. The number of hydrogen-bond donors (Lipinski definition) is 1.